The molecule has 2 saturated heterocycles. The van der Waals surface area contributed by atoms with Crippen LogP contribution in [0.3, 0.4) is 0 Å². The highest BCUT2D eigenvalue weighted by atomic mass is 16.6. The van der Waals surface area contributed by atoms with Crippen molar-refractivity contribution in [3.05, 3.63) is 18.2 Å². The topological polar surface area (TPSA) is 46.2 Å². The van der Waals surface area contributed by atoms with Crippen LogP contribution in [0, 0.1) is 5.41 Å². The Labute approximate surface area is 132 Å². The smallest absolute Gasteiger partial charge is 0.493 e. The molecule has 0 N–H and O–H groups in total. The summed E-state index contributed by atoms with van der Waals surface area (Å²) in [6.45, 7) is 6.99. The van der Waals surface area contributed by atoms with Gasteiger partial charge in [0.25, 0.3) is 0 Å². The third kappa shape index (κ3) is 3.56. The lowest BCUT2D eigenvalue weighted by atomic mass is 9.76. The second-order valence-electron chi connectivity index (χ2n) is 6.63. The van der Waals surface area contributed by atoms with Gasteiger partial charge < -0.3 is 23.5 Å². The highest BCUT2D eigenvalue weighted by molar-refractivity contribution is 6.61. The van der Waals surface area contributed by atoms with E-state index in [2.05, 4.69) is 13.8 Å². The fraction of sp³-hybridized carbons (Fsp3) is 0.625. The van der Waals surface area contributed by atoms with Crippen molar-refractivity contribution in [1.82, 2.24) is 0 Å². The molecular weight excluding hydrogens is 283 g/mol. The molecule has 5 nitrogen and oxygen atoms in total. The molecule has 0 amide bonds. The zero-order chi connectivity index (χ0) is 15.6. The zero-order valence-electron chi connectivity index (χ0n) is 13.5. The van der Waals surface area contributed by atoms with Crippen molar-refractivity contribution in [2.75, 3.05) is 33.5 Å². The molecule has 0 aliphatic carbocycles. The zero-order valence-corrected chi connectivity index (χ0v) is 13.5. The van der Waals surface area contributed by atoms with Crippen molar-refractivity contribution in [2.45, 2.75) is 26.4 Å². The minimum Gasteiger partial charge on any atom is -0.493 e. The summed E-state index contributed by atoms with van der Waals surface area (Å²) >= 11 is 0. The molecule has 6 heteroatoms. The molecule has 0 saturated carbocycles. The SMILES string of the molecule is COc1ccc(B2OCC(C)(C)CO2)cc1OC1CCOC1. The average Bonchev–Trinajstić information content (AvgIpc) is 3.00. The van der Waals surface area contributed by atoms with Crippen LogP contribution in [-0.2, 0) is 14.0 Å². The first-order valence-corrected chi connectivity index (χ1v) is 7.73. The Bertz CT molecular complexity index is 503. The number of rotatable bonds is 4. The second-order valence-corrected chi connectivity index (χ2v) is 6.63. The highest BCUT2D eigenvalue weighted by Crippen LogP contribution is 2.29. The second kappa shape index (κ2) is 6.48. The first-order chi connectivity index (χ1) is 10.6. The van der Waals surface area contributed by atoms with Gasteiger partial charge in [-0.25, -0.2) is 0 Å². The summed E-state index contributed by atoms with van der Waals surface area (Å²) in [5, 5.41) is 0. The van der Waals surface area contributed by atoms with Crippen LogP contribution in [-0.4, -0.2) is 46.8 Å². The lowest BCUT2D eigenvalue weighted by Gasteiger charge is -2.33. The van der Waals surface area contributed by atoms with Crippen LogP contribution in [0.2, 0.25) is 0 Å². The van der Waals surface area contributed by atoms with Gasteiger partial charge in [-0.2, -0.15) is 0 Å². The minimum atomic E-state index is -0.346. The number of ether oxygens (including phenoxy) is 3. The minimum absolute atomic E-state index is 0.0590. The number of hydrogen-bond donors (Lipinski definition) is 0. The van der Waals surface area contributed by atoms with Crippen LogP contribution in [0.15, 0.2) is 18.2 Å². The Kier molecular flexibility index (Phi) is 4.61. The Hall–Kier alpha value is -1.24. The fourth-order valence-corrected chi connectivity index (χ4v) is 2.60. The van der Waals surface area contributed by atoms with Gasteiger partial charge in [-0.15, -0.1) is 0 Å². The molecule has 3 rings (SSSR count). The average molecular weight is 306 g/mol. The molecule has 2 heterocycles. The third-order valence-corrected chi connectivity index (χ3v) is 3.89. The molecular formula is C16H23BO5. The van der Waals surface area contributed by atoms with Gasteiger partial charge in [0.2, 0.25) is 0 Å². The summed E-state index contributed by atoms with van der Waals surface area (Å²) in [5.41, 5.74) is 1.01. The molecule has 0 bridgehead atoms. The van der Waals surface area contributed by atoms with E-state index in [1.165, 1.54) is 0 Å². The van der Waals surface area contributed by atoms with Gasteiger partial charge >= 0.3 is 7.12 Å². The molecule has 0 radical (unpaired) electrons. The van der Waals surface area contributed by atoms with Crippen LogP contribution in [0.25, 0.3) is 0 Å². The molecule has 1 atom stereocenters. The maximum absolute atomic E-state index is 6.01. The number of benzene rings is 1. The van der Waals surface area contributed by atoms with E-state index in [0.29, 0.717) is 31.3 Å². The lowest BCUT2D eigenvalue weighted by Crippen LogP contribution is -2.47. The van der Waals surface area contributed by atoms with E-state index >= 15 is 0 Å². The molecule has 2 aliphatic rings. The van der Waals surface area contributed by atoms with Crippen LogP contribution >= 0.6 is 0 Å². The summed E-state index contributed by atoms with van der Waals surface area (Å²) in [6.07, 6.45) is 0.981. The summed E-state index contributed by atoms with van der Waals surface area (Å²) in [4.78, 5) is 0. The van der Waals surface area contributed by atoms with E-state index in [9.17, 15) is 0 Å². The van der Waals surface area contributed by atoms with Gasteiger partial charge in [-0.3, -0.25) is 0 Å². The molecule has 1 aromatic carbocycles. The summed E-state index contributed by atoms with van der Waals surface area (Å²) in [7, 11) is 1.30. The van der Waals surface area contributed by atoms with Crippen LogP contribution < -0.4 is 14.9 Å². The third-order valence-electron chi connectivity index (χ3n) is 3.89. The molecule has 0 aromatic heterocycles. The summed E-state index contributed by atoms with van der Waals surface area (Å²) in [6, 6.07) is 5.80. The largest absolute Gasteiger partial charge is 0.494 e. The van der Waals surface area contributed by atoms with Gasteiger partial charge in [0, 0.05) is 25.0 Å². The molecule has 0 spiro atoms. The highest BCUT2D eigenvalue weighted by Gasteiger charge is 2.34. The molecule has 2 aliphatic heterocycles. The Morgan fingerprint density at radius 3 is 2.59 bits per heavy atom. The van der Waals surface area contributed by atoms with Gasteiger partial charge in [0.15, 0.2) is 11.5 Å². The van der Waals surface area contributed by atoms with Crippen molar-refractivity contribution >= 4 is 12.6 Å². The van der Waals surface area contributed by atoms with Gasteiger partial charge in [-0.1, -0.05) is 19.9 Å². The van der Waals surface area contributed by atoms with Crippen molar-refractivity contribution in [3.63, 3.8) is 0 Å². The van der Waals surface area contributed by atoms with Crippen LogP contribution in [0.1, 0.15) is 20.3 Å². The van der Waals surface area contributed by atoms with Crippen molar-refractivity contribution in [1.29, 1.82) is 0 Å². The van der Waals surface area contributed by atoms with E-state index in [4.69, 9.17) is 23.5 Å². The Morgan fingerprint density at radius 2 is 1.95 bits per heavy atom. The Balaban J connectivity index is 1.74. The van der Waals surface area contributed by atoms with E-state index < -0.39 is 0 Å². The van der Waals surface area contributed by atoms with E-state index in [0.717, 1.165) is 18.5 Å². The monoisotopic (exact) mass is 306 g/mol. The van der Waals surface area contributed by atoms with Gasteiger partial charge in [0.05, 0.1) is 20.3 Å². The standard InChI is InChI=1S/C16H23BO5/c1-16(2)10-20-17(21-11-16)12-4-5-14(18-3)15(8-12)22-13-6-7-19-9-13/h4-5,8,13H,6-7,9-11H2,1-3H3. The van der Waals surface area contributed by atoms with Crippen molar-refractivity contribution in [2.24, 2.45) is 5.41 Å². The first-order valence-electron chi connectivity index (χ1n) is 7.73. The van der Waals surface area contributed by atoms with E-state index in [-0.39, 0.29) is 18.6 Å². The predicted molar refractivity (Wildman–Crippen MR) is 83.9 cm³/mol. The maximum atomic E-state index is 6.01. The van der Waals surface area contributed by atoms with Crippen LogP contribution in [0.5, 0.6) is 11.5 Å². The lowest BCUT2D eigenvalue weighted by molar-refractivity contribution is 0.0343. The maximum Gasteiger partial charge on any atom is 0.494 e. The summed E-state index contributed by atoms with van der Waals surface area (Å²) in [5.74, 6) is 1.43. The van der Waals surface area contributed by atoms with E-state index in [1.807, 2.05) is 18.2 Å². The molecule has 1 unspecified atom stereocenters. The fourth-order valence-electron chi connectivity index (χ4n) is 2.60. The van der Waals surface area contributed by atoms with Gasteiger partial charge in [0.1, 0.15) is 6.10 Å². The predicted octanol–water partition coefficient (Wildman–Crippen LogP) is 1.63. The van der Waals surface area contributed by atoms with Gasteiger partial charge in [-0.05, 0) is 17.6 Å². The number of hydrogen-bond acceptors (Lipinski definition) is 5. The molecule has 120 valence electrons. The van der Waals surface area contributed by atoms with Crippen LogP contribution in [0.4, 0.5) is 0 Å². The molecule has 1 aromatic rings. The summed E-state index contributed by atoms with van der Waals surface area (Å²) < 4.78 is 28.4. The quantitative estimate of drug-likeness (QED) is 0.791. The molecule has 22 heavy (non-hydrogen) atoms. The van der Waals surface area contributed by atoms with Crippen molar-refractivity contribution in [3.8, 4) is 11.5 Å². The van der Waals surface area contributed by atoms with E-state index in [1.54, 1.807) is 7.11 Å². The first kappa shape index (κ1) is 15.7. The number of methoxy groups -OCH3 is 1. The molecule has 2 fully saturated rings. The van der Waals surface area contributed by atoms with Crippen molar-refractivity contribution < 1.29 is 23.5 Å². The Morgan fingerprint density at radius 1 is 1.18 bits per heavy atom. The normalized spacial score (nSPS) is 24.3.